The molecule has 0 radical (unpaired) electrons. The fourth-order valence-corrected chi connectivity index (χ4v) is 1.59. The van der Waals surface area contributed by atoms with E-state index in [0.29, 0.717) is 13.2 Å². The maximum atomic E-state index is 5.71. The summed E-state index contributed by atoms with van der Waals surface area (Å²) in [4.78, 5) is 0. The molecule has 94 valence electrons. The summed E-state index contributed by atoms with van der Waals surface area (Å²) in [5, 5.41) is 0. The molecule has 0 amide bonds. The van der Waals surface area contributed by atoms with Crippen molar-refractivity contribution in [3.8, 4) is 0 Å². The topological polar surface area (TPSA) is 44.5 Å². The summed E-state index contributed by atoms with van der Waals surface area (Å²) in [5.41, 5.74) is 7.55. The summed E-state index contributed by atoms with van der Waals surface area (Å²) in [6.07, 6.45) is 0. The summed E-state index contributed by atoms with van der Waals surface area (Å²) < 4.78 is 11.3. The van der Waals surface area contributed by atoms with Crippen molar-refractivity contribution in [3.63, 3.8) is 0 Å². The number of benzene rings is 1. The Morgan fingerprint density at radius 2 is 1.76 bits per heavy atom. The zero-order valence-electron chi connectivity index (χ0n) is 11.2. The highest BCUT2D eigenvalue weighted by Crippen LogP contribution is 2.21. The minimum Gasteiger partial charge on any atom is -0.407 e. The lowest BCUT2D eigenvalue weighted by atomic mass is 9.76. The molecular formula is C13H22BNO2. The van der Waals surface area contributed by atoms with Gasteiger partial charge in [0.15, 0.2) is 0 Å². The van der Waals surface area contributed by atoms with Gasteiger partial charge in [-0.25, -0.2) is 0 Å². The number of nitrogen functional groups attached to an aromatic ring is 1. The fraction of sp³-hybridized carbons (Fsp3) is 0.538. The number of anilines is 1. The van der Waals surface area contributed by atoms with Gasteiger partial charge >= 0.3 is 7.12 Å². The Morgan fingerprint density at radius 1 is 1.18 bits per heavy atom. The molecule has 0 aromatic heterocycles. The van der Waals surface area contributed by atoms with Gasteiger partial charge in [-0.1, -0.05) is 39.8 Å². The molecule has 0 aliphatic carbocycles. The maximum absolute atomic E-state index is 5.71. The van der Waals surface area contributed by atoms with E-state index in [1.54, 1.807) is 0 Å². The summed E-state index contributed by atoms with van der Waals surface area (Å²) in [7, 11) is -0.262. The summed E-state index contributed by atoms with van der Waals surface area (Å²) >= 11 is 0. The highest BCUT2D eigenvalue weighted by molar-refractivity contribution is 6.61. The second-order valence-electron chi connectivity index (χ2n) is 4.79. The van der Waals surface area contributed by atoms with Crippen LogP contribution in [0.2, 0.25) is 0 Å². The van der Waals surface area contributed by atoms with Crippen LogP contribution < -0.4 is 11.2 Å². The Bertz CT molecular complexity index is 345. The van der Waals surface area contributed by atoms with Crippen LogP contribution in [0, 0.1) is 5.41 Å². The van der Waals surface area contributed by atoms with Gasteiger partial charge in [-0.15, -0.1) is 0 Å². The monoisotopic (exact) mass is 235 g/mol. The van der Waals surface area contributed by atoms with E-state index in [2.05, 4.69) is 13.8 Å². The first-order chi connectivity index (χ1) is 8.07. The van der Waals surface area contributed by atoms with Crippen LogP contribution in [0.5, 0.6) is 0 Å². The molecule has 0 saturated carbocycles. The van der Waals surface area contributed by atoms with Crippen molar-refractivity contribution in [3.05, 3.63) is 24.3 Å². The lowest BCUT2D eigenvalue weighted by molar-refractivity contribution is 0.0343. The van der Waals surface area contributed by atoms with Gasteiger partial charge in [-0.2, -0.15) is 0 Å². The average molecular weight is 235 g/mol. The molecule has 0 spiro atoms. The van der Waals surface area contributed by atoms with Gasteiger partial charge in [0.05, 0.1) is 0 Å². The highest BCUT2D eigenvalue weighted by Gasteiger charge is 2.33. The molecule has 0 unspecified atom stereocenters. The molecule has 1 aromatic carbocycles. The lowest BCUT2D eigenvalue weighted by Gasteiger charge is -2.33. The van der Waals surface area contributed by atoms with Gasteiger partial charge < -0.3 is 15.0 Å². The minimum atomic E-state index is -0.262. The molecule has 1 fully saturated rings. The van der Waals surface area contributed by atoms with Gasteiger partial charge in [-0.3, -0.25) is 0 Å². The molecule has 4 heteroatoms. The van der Waals surface area contributed by atoms with Crippen LogP contribution in [0.25, 0.3) is 0 Å². The molecule has 2 rings (SSSR count). The summed E-state index contributed by atoms with van der Waals surface area (Å²) in [5.74, 6) is 0. The van der Waals surface area contributed by atoms with Gasteiger partial charge in [-0.05, 0) is 17.6 Å². The molecule has 1 aliphatic heterocycles. The van der Waals surface area contributed by atoms with Crippen LogP contribution in [0.1, 0.15) is 27.7 Å². The highest BCUT2D eigenvalue weighted by atomic mass is 16.6. The molecule has 0 atom stereocenters. The predicted octanol–water partition coefficient (Wildman–Crippen LogP) is 2.06. The van der Waals surface area contributed by atoms with Crippen LogP contribution in [0.3, 0.4) is 0 Å². The average Bonchev–Trinajstić information content (AvgIpc) is 2.31. The zero-order chi connectivity index (χ0) is 12.9. The van der Waals surface area contributed by atoms with Gasteiger partial charge in [0.1, 0.15) is 0 Å². The van der Waals surface area contributed by atoms with Gasteiger partial charge in [0.2, 0.25) is 0 Å². The molecular weight excluding hydrogens is 213 g/mol. The summed E-state index contributed by atoms with van der Waals surface area (Å²) in [6, 6.07) is 7.63. The first-order valence-electron chi connectivity index (χ1n) is 6.15. The Balaban J connectivity index is 0.000000686. The van der Waals surface area contributed by atoms with E-state index in [1.807, 2.05) is 38.1 Å². The standard InChI is InChI=1S/C11H16BNO2.C2H6/c1-11(2)7-14-12(15-8-11)9-4-3-5-10(13)6-9;1-2/h3-6H,7-8,13H2,1-2H3;1-2H3. The van der Waals surface area contributed by atoms with Crippen LogP contribution in [-0.4, -0.2) is 20.3 Å². The van der Waals surface area contributed by atoms with Crippen molar-refractivity contribution >= 4 is 18.3 Å². The van der Waals surface area contributed by atoms with E-state index >= 15 is 0 Å². The normalized spacial score (nSPS) is 18.2. The first kappa shape index (κ1) is 14.1. The zero-order valence-corrected chi connectivity index (χ0v) is 11.2. The van der Waals surface area contributed by atoms with Crippen molar-refractivity contribution in [1.82, 2.24) is 0 Å². The van der Waals surface area contributed by atoms with Crippen molar-refractivity contribution in [2.75, 3.05) is 18.9 Å². The van der Waals surface area contributed by atoms with E-state index in [9.17, 15) is 0 Å². The number of nitrogens with two attached hydrogens (primary N) is 1. The Morgan fingerprint density at radius 3 is 2.29 bits per heavy atom. The number of hydrogen-bond donors (Lipinski definition) is 1. The third-order valence-corrected chi connectivity index (χ3v) is 2.43. The van der Waals surface area contributed by atoms with Crippen molar-refractivity contribution < 1.29 is 9.31 Å². The second-order valence-corrected chi connectivity index (χ2v) is 4.79. The van der Waals surface area contributed by atoms with Crippen LogP contribution in [0.4, 0.5) is 5.69 Å². The van der Waals surface area contributed by atoms with E-state index in [1.165, 1.54) is 0 Å². The first-order valence-corrected chi connectivity index (χ1v) is 6.15. The SMILES string of the molecule is CC.CC1(C)COB(c2cccc(N)c2)OC1. The van der Waals surface area contributed by atoms with Crippen LogP contribution >= 0.6 is 0 Å². The molecule has 0 bridgehead atoms. The third-order valence-electron chi connectivity index (χ3n) is 2.43. The maximum Gasteiger partial charge on any atom is 0.493 e. The Hall–Kier alpha value is -0.995. The predicted molar refractivity (Wildman–Crippen MR) is 73.3 cm³/mol. The van der Waals surface area contributed by atoms with Crippen molar-refractivity contribution in [1.29, 1.82) is 0 Å². The van der Waals surface area contributed by atoms with E-state index in [-0.39, 0.29) is 12.5 Å². The molecule has 1 aliphatic rings. The Kier molecular flexibility index (Phi) is 5.03. The van der Waals surface area contributed by atoms with Crippen LogP contribution in [0.15, 0.2) is 24.3 Å². The van der Waals surface area contributed by atoms with Gasteiger partial charge in [0.25, 0.3) is 0 Å². The van der Waals surface area contributed by atoms with Gasteiger partial charge in [0, 0.05) is 24.3 Å². The van der Waals surface area contributed by atoms with Crippen molar-refractivity contribution in [2.24, 2.45) is 5.41 Å². The molecule has 1 heterocycles. The van der Waals surface area contributed by atoms with E-state index in [4.69, 9.17) is 15.0 Å². The molecule has 3 nitrogen and oxygen atoms in total. The third kappa shape index (κ3) is 4.06. The molecule has 17 heavy (non-hydrogen) atoms. The Labute approximate surface area is 104 Å². The van der Waals surface area contributed by atoms with Crippen LogP contribution in [-0.2, 0) is 9.31 Å². The van der Waals surface area contributed by atoms with Crippen molar-refractivity contribution in [2.45, 2.75) is 27.7 Å². The fourth-order valence-electron chi connectivity index (χ4n) is 1.59. The van der Waals surface area contributed by atoms with E-state index < -0.39 is 0 Å². The quantitative estimate of drug-likeness (QED) is 0.598. The second kappa shape index (κ2) is 6.08. The molecule has 1 saturated heterocycles. The largest absolute Gasteiger partial charge is 0.493 e. The smallest absolute Gasteiger partial charge is 0.407 e. The number of rotatable bonds is 1. The number of hydrogen-bond acceptors (Lipinski definition) is 3. The molecule has 2 N–H and O–H groups in total. The van der Waals surface area contributed by atoms with E-state index in [0.717, 1.165) is 11.2 Å². The molecule has 1 aromatic rings. The minimum absolute atomic E-state index is 0.108. The summed E-state index contributed by atoms with van der Waals surface area (Å²) in [6.45, 7) is 9.68. The lowest BCUT2D eigenvalue weighted by Crippen LogP contribution is -2.47.